The lowest BCUT2D eigenvalue weighted by Gasteiger charge is -2.21. The van der Waals surface area contributed by atoms with Crippen molar-refractivity contribution in [2.45, 2.75) is 32.4 Å². The van der Waals surface area contributed by atoms with Gasteiger partial charge in [0.25, 0.3) is 5.91 Å². The molecule has 26 heavy (non-hydrogen) atoms. The molecule has 0 unspecified atom stereocenters. The summed E-state index contributed by atoms with van der Waals surface area (Å²) in [5.74, 6) is 1.35. The van der Waals surface area contributed by atoms with Crippen LogP contribution in [0.25, 0.3) is 0 Å². The smallest absolute Gasteiger partial charge is 0.261 e. The first kappa shape index (κ1) is 17.7. The number of ether oxygens (including phenoxy) is 1. The van der Waals surface area contributed by atoms with Crippen LogP contribution in [-0.2, 0) is 11.2 Å². The summed E-state index contributed by atoms with van der Waals surface area (Å²) in [6.45, 7) is 3.77. The van der Waals surface area contributed by atoms with Gasteiger partial charge >= 0.3 is 0 Å². The molecule has 1 amide bonds. The van der Waals surface area contributed by atoms with Gasteiger partial charge in [0.2, 0.25) is 0 Å². The fourth-order valence-electron chi connectivity index (χ4n) is 2.70. The zero-order valence-corrected chi connectivity index (χ0v) is 15.0. The Balaban J connectivity index is 1.68. The van der Waals surface area contributed by atoms with Crippen LogP contribution in [0.2, 0.25) is 0 Å². The summed E-state index contributed by atoms with van der Waals surface area (Å²) >= 11 is 0. The molecule has 1 heterocycles. The summed E-state index contributed by atoms with van der Waals surface area (Å²) in [6, 6.07) is 17.4. The van der Waals surface area contributed by atoms with Crippen LogP contribution < -0.4 is 10.1 Å². The Kier molecular flexibility index (Phi) is 5.69. The summed E-state index contributed by atoms with van der Waals surface area (Å²) < 4.78 is 5.77. The van der Waals surface area contributed by atoms with Gasteiger partial charge in [-0.2, -0.15) is 0 Å². The number of imidazole rings is 1. The van der Waals surface area contributed by atoms with Crippen LogP contribution in [-0.4, -0.2) is 22.0 Å². The van der Waals surface area contributed by atoms with E-state index in [1.54, 1.807) is 19.3 Å². The summed E-state index contributed by atoms with van der Waals surface area (Å²) in [5.41, 5.74) is 2.18. The molecule has 0 saturated carbocycles. The van der Waals surface area contributed by atoms with E-state index in [0.29, 0.717) is 12.2 Å². The summed E-state index contributed by atoms with van der Waals surface area (Å²) in [4.78, 5) is 20.0. The van der Waals surface area contributed by atoms with E-state index in [-0.39, 0.29) is 11.9 Å². The number of H-pyrrole nitrogens is 1. The van der Waals surface area contributed by atoms with Crippen LogP contribution in [0.15, 0.2) is 67.0 Å². The molecule has 0 spiro atoms. The van der Waals surface area contributed by atoms with E-state index in [1.165, 1.54) is 0 Å². The third kappa shape index (κ3) is 4.72. The van der Waals surface area contributed by atoms with E-state index in [4.69, 9.17) is 4.74 Å². The predicted molar refractivity (Wildman–Crippen MR) is 101 cm³/mol. The van der Waals surface area contributed by atoms with Crippen LogP contribution in [0, 0.1) is 6.92 Å². The van der Waals surface area contributed by atoms with Crippen LogP contribution >= 0.6 is 0 Å². The van der Waals surface area contributed by atoms with Gasteiger partial charge in [0.1, 0.15) is 11.6 Å². The van der Waals surface area contributed by atoms with Crippen LogP contribution in [0.4, 0.5) is 0 Å². The van der Waals surface area contributed by atoms with Crippen molar-refractivity contribution < 1.29 is 9.53 Å². The summed E-state index contributed by atoms with van der Waals surface area (Å²) in [6.07, 6.45) is 3.48. The zero-order chi connectivity index (χ0) is 18.4. The van der Waals surface area contributed by atoms with Gasteiger partial charge < -0.3 is 15.0 Å². The standard InChI is InChI=1S/C21H23N3O2/c1-15-8-10-18(11-9-15)26-16(2)21(25)24-19(14-20-22-12-13-23-20)17-6-4-3-5-7-17/h3-13,16,19H,14H2,1-2H3,(H,22,23)(H,24,25)/t16-,19+/m1/s1. The van der Waals surface area contributed by atoms with Crippen LogP contribution in [0.3, 0.4) is 0 Å². The zero-order valence-electron chi connectivity index (χ0n) is 15.0. The van der Waals surface area contributed by atoms with Crippen molar-refractivity contribution in [3.63, 3.8) is 0 Å². The molecular formula is C21H23N3O2. The lowest BCUT2D eigenvalue weighted by molar-refractivity contribution is -0.128. The third-order valence-corrected chi connectivity index (χ3v) is 4.17. The lowest BCUT2D eigenvalue weighted by Crippen LogP contribution is -2.39. The number of nitrogens with one attached hydrogen (secondary N) is 2. The number of nitrogens with zero attached hydrogens (tertiary/aromatic N) is 1. The second-order valence-electron chi connectivity index (χ2n) is 6.28. The molecule has 3 aromatic rings. The Bertz CT molecular complexity index is 814. The highest BCUT2D eigenvalue weighted by atomic mass is 16.5. The van der Waals surface area contributed by atoms with Crippen molar-refractivity contribution in [1.29, 1.82) is 0 Å². The summed E-state index contributed by atoms with van der Waals surface area (Å²) in [5, 5.41) is 3.08. The van der Waals surface area contributed by atoms with Gasteiger partial charge in [-0.15, -0.1) is 0 Å². The molecule has 134 valence electrons. The van der Waals surface area contributed by atoms with Gasteiger partial charge in [-0.3, -0.25) is 4.79 Å². The van der Waals surface area contributed by atoms with E-state index in [1.807, 2.05) is 61.5 Å². The Hall–Kier alpha value is -3.08. The van der Waals surface area contributed by atoms with Crippen molar-refractivity contribution >= 4 is 5.91 Å². The highest BCUT2D eigenvalue weighted by Gasteiger charge is 2.21. The number of aromatic nitrogens is 2. The first-order valence-electron chi connectivity index (χ1n) is 8.68. The second kappa shape index (κ2) is 8.34. The van der Waals surface area contributed by atoms with Crippen molar-refractivity contribution in [1.82, 2.24) is 15.3 Å². The fraction of sp³-hybridized carbons (Fsp3) is 0.238. The normalized spacial score (nSPS) is 13.0. The first-order chi connectivity index (χ1) is 12.6. The number of hydrogen-bond acceptors (Lipinski definition) is 3. The number of carbonyl (C=O) groups is 1. The average molecular weight is 349 g/mol. The minimum atomic E-state index is -0.597. The van der Waals surface area contributed by atoms with Gasteiger partial charge in [0.15, 0.2) is 6.10 Å². The number of aryl methyl sites for hydroxylation is 1. The molecule has 2 aromatic carbocycles. The van der Waals surface area contributed by atoms with Gasteiger partial charge in [-0.25, -0.2) is 4.98 Å². The molecule has 5 nitrogen and oxygen atoms in total. The minimum Gasteiger partial charge on any atom is -0.481 e. The lowest BCUT2D eigenvalue weighted by atomic mass is 10.0. The van der Waals surface area contributed by atoms with Crippen LogP contribution in [0.5, 0.6) is 5.75 Å². The van der Waals surface area contributed by atoms with E-state index >= 15 is 0 Å². The minimum absolute atomic E-state index is 0.161. The number of hydrogen-bond donors (Lipinski definition) is 2. The fourth-order valence-corrected chi connectivity index (χ4v) is 2.70. The molecule has 2 atom stereocenters. The molecule has 0 aliphatic rings. The number of benzene rings is 2. The Labute approximate surface area is 153 Å². The SMILES string of the molecule is Cc1ccc(O[C@H](C)C(=O)N[C@@H](Cc2ncc[nH]2)c2ccccc2)cc1. The molecule has 5 heteroatoms. The van der Waals surface area contributed by atoms with Crippen molar-refractivity contribution in [2.24, 2.45) is 0 Å². The molecular weight excluding hydrogens is 326 g/mol. The second-order valence-corrected chi connectivity index (χ2v) is 6.28. The Morgan fingerprint density at radius 2 is 1.88 bits per heavy atom. The van der Waals surface area contributed by atoms with Crippen molar-refractivity contribution in [3.05, 3.63) is 83.9 Å². The quantitative estimate of drug-likeness (QED) is 0.685. The largest absolute Gasteiger partial charge is 0.481 e. The maximum atomic E-state index is 12.7. The predicted octanol–water partition coefficient (Wildman–Crippen LogP) is 3.59. The number of carbonyl (C=O) groups excluding carboxylic acids is 1. The molecule has 2 N–H and O–H groups in total. The van der Waals surface area contributed by atoms with Crippen LogP contribution in [0.1, 0.15) is 29.9 Å². The maximum absolute atomic E-state index is 12.7. The monoisotopic (exact) mass is 349 g/mol. The average Bonchev–Trinajstić information content (AvgIpc) is 3.17. The van der Waals surface area contributed by atoms with E-state index in [9.17, 15) is 4.79 Å². The van der Waals surface area contributed by atoms with E-state index in [0.717, 1.165) is 17.0 Å². The first-order valence-corrected chi connectivity index (χ1v) is 8.68. The molecule has 0 bridgehead atoms. The molecule has 0 saturated heterocycles. The maximum Gasteiger partial charge on any atom is 0.261 e. The number of aromatic amines is 1. The molecule has 0 fully saturated rings. The van der Waals surface area contributed by atoms with Crippen molar-refractivity contribution in [2.75, 3.05) is 0 Å². The molecule has 0 aliphatic heterocycles. The van der Waals surface area contributed by atoms with E-state index in [2.05, 4.69) is 15.3 Å². The molecule has 0 radical (unpaired) electrons. The van der Waals surface area contributed by atoms with Gasteiger partial charge in [0, 0.05) is 18.8 Å². The summed E-state index contributed by atoms with van der Waals surface area (Å²) in [7, 11) is 0. The highest BCUT2D eigenvalue weighted by Crippen LogP contribution is 2.18. The number of rotatable bonds is 7. The molecule has 1 aromatic heterocycles. The molecule has 3 rings (SSSR count). The van der Waals surface area contributed by atoms with Gasteiger partial charge in [-0.05, 0) is 31.5 Å². The third-order valence-electron chi connectivity index (χ3n) is 4.17. The van der Waals surface area contributed by atoms with Crippen molar-refractivity contribution in [3.8, 4) is 5.75 Å². The van der Waals surface area contributed by atoms with Gasteiger partial charge in [-0.1, -0.05) is 48.0 Å². The Morgan fingerprint density at radius 1 is 1.15 bits per heavy atom. The number of amides is 1. The topological polar surface area (TPSA) is 67.0 Å². The Morgan fingerprint density at radius 3 is 2.54 bits per heavy atom. The molecule has 0 aliphatic carbocycles. The highest BCUT2D eigenvalue weighted by molar-refractivity contribution is 5.81. The van der Waals surface area contributed by atoms with Gasteiger partial charge in [0.05, 0.1) is 6.04 Å². The van der Waals surface area contributed by atoms with E-state index < -0.39 is 6.10 Å².